The first-order valence-corrected chi connectivity index (χ1v) is 5.83. The average molecular weight is 232 g/mol. The van der Waals surface area contributed by atoms with Crippen LogP contribution in [-0.4, -0.2) is 21.7 Å². The molecular formula is C12H16N4O. The molecule has 0 bridgehead atoms. The van der Waals surface area contributed by atoms with Gasteiger partial charge in [0.1, 0.15) is 0 Å². The van der Waals surface area contributed by atoms with Gasteiger partial charge in [0.25, 0.3) is 0 Å². The van der Waals surface area contributed by atoms with Gasteiger partial charge in [0.2, 0.25) is 11.7 Å². The van der Waals surface area contributed by atoms with E-state index >= 15 is 0 Å². The highest BCUT2D eigenvalue weighted by Crippen LogP contribution is 2.14. The average Bonchev–Trinajstić information content (AvgIpc) is 2.85. The molecular weight excluding hydrogens is 216 g/mol. The minimum absolute atomic E-state index is 0.626. The summed E-state index contributed by atoms with van der Waals surface area (Å²) in [5.41, 5.74) is 6.36. The van der Waals surface area contributed by atoms with Gasteiger partial charge in [-0.3, -0.25) is 4.98 Å². The zero-order valence-corrected chi connectivity index (χ0v) is 9.67. The molecule has 0 saturated carbocycles. The summed E-state index contributed by atoms with van der Waals surface area (Å²) in [4.78, 5) is 8.29. The number of aryl methyl sites for hydroxylation is 1. The van der Waals surface area contributed by atoms with Gasteiger partial charge in [0, 0.05) is 24.4 Å². The summed E-state index contributed by atoms with van der Waals surface area (Å²) >= 11 is 0. The van der Waals surface area contributed by atoms with Crippen LogP contribution in [-0.2, 0) is 6.42 Å². The second-order valence-corrected chi connectivity index (χ2v) is 3.85. The maximum atomic E-state index is 5.43. The van der Waals surface area contributed by atoms with E-state index < -0.39 is 0 Å². The topological polar surface area (TPSA) is 77.8 Å². The summed E-state index contributed by atoms with van der Waals surface area (Å²) in [5.74, 6) is 1.31. The first-order valence-electron chi connectivity index (χ1n) is 5.83. The highest BCUT2D eigenvalue weighted by molar-refractivity contribution is 5.52. The maximum absolute atomic E-state index is 5.43. The molecule has 0 saturated heterocycles. The lowest BCUT2D eigenvalue weighted by Gasteiger charge is -1.94. The zero-order chi connectivity index (χ0) is 11.9. The van der Waals surface area contributed by atoms with Crippen molar-refractivity contribution in [3.63, 3.8) is 0 Å². The van der Waals surface area contributed by atoms with E-state index in [9.17, 15) is 0 Å². The summed E-state index contributed by atoms with van der Waals surface area (Å²) in [5, 5.41) is 3.95. The molecule has 0 aliphatic heterocycles. The van der Waals surface area contributed by atoms with Gasteiger partial charge < -0.3 is 10.3 Å². The number of nitrogens with zero attached hydrogens (tertiary/aromatic N) is 3. The van der Waals surface area contributed by atoms with Crippen LogP contribution in [0.25, 0.3) is 11.4 Å². The van der Waals surface area contributed by atoms with E-state index in [1.807, 2.05) is 12.1 Å². The normalized spacial score (nSPS) is 10.6. The third kappa shape index (κ3) is 3.35. The van der Waals surface area contributed by atoms with Gasteiger partial charge in [-0.05, 0) is 31.5 Å². The molecule has 17 heavy (non-hydrogen) atoms. The van der Waals surface area contributed by atoms with Gasteiger partial charge in [-0.2, -0.15) is 4.98 Å². The number of unbranched alkanes of at least 4 members (excludes halogenated alkanes) is 2. The van der Waals surface area contributed by atoms with Gasteiger partial charge >= 0.3 is 0 Å². The SMILES string of the molecule is NCCCCCc1nc(-c2ccncc2)no1. The van der Waals surface area contributed by atoms with Crippen LogP contribution in [0, 0.1) is 0 Å². The van der Waals surface area contributed by atoms with Crippen molar-refractivity contribution in [3.05, 3.63) is 30.4 Å². The van der Waals surface area contributed by atoms with E-state index in [1.165, 1.54) is 0 Å². The van der Waals surface area contributed by atoms with Crippen molar-refractivity contribution >= 4 is 0 Å². The molecule has 0 radical (unpaired) electrons. The fraction of sp³-hybridized carbons (Fsp3) is 0.417. The number of pyridine rings is 1. The van der Waals surface area contributed by atoms with Crippen molar-refractivity contribution in [1.82, 2.24) is 15.1 Å². The molecule has 0 fully saturated rings. The molecule has 2 rings (SSSR count). The predicted octanol–water partition coefficient (Wildman–Crippen LogP) is 1.80. The van der Waals surface area contributed by atoms with Crippen LogP contribution in [0.1, 0.15) is 25.2 Å². The molecule has 90 valence electrons. The van der Waals surface area contributed by atoms with Gasteiger partial charge in [-0.15, -0.1) is 0 Å². The third-order valence-electron chi connectivity index (χ3n) is 2.50. The fourth-order valence-corrected chi connectivity index (χ4v) is 1.57. The Kier molecular flexibility index (Phi) is 4.21. The van der Waals surface area contributed by atoms with Gasteiger partial charge in [-0.25, -0.2) is 0 Å². The Morgan fingerprint density at radius 1 is 1.12 bits per heavy atom. The van der Waals surface area contributed by atoms with E-state index in [0.29, 0.717) is 11.7 Å². The van der Waals surface area contributed by atoms with Crippen LogP contribution >= 0.6 is 0 Å². The van der Waals surface area contributed by atoms with Crippen molar-refractivity contribution in [3.8, 4) is 11.4 Å². The molecule has 0 aliphatic carbocycles. The smallest absolute Gasteiger partial charge is 0.226 e. The summed E-state index contributed by atoms with van der Waals surface area (Å²) in [6.45, 7) is 0.742. The van der Waals surface area contributed by atoms with E-state index in [1.54, 1.807) is 12.4 Å². The first kappa shape index (κ1) is 11.7. The minimum atomic E-state index is 0.626. The standard InChI is InChI=1S/C12H16N4O/c13-7-3-1-2-4-11-15-12(16-17-11)10-5-8-14-9-6-10/h5-6,8-9H,1-4,7,13H2. The second kappa shape index (κ2) is 6.10. The molecule has 2 aromatic rings. The molecule has 2 heterocycles. The third-order valence-corrected chi connectivity index (χ3v) is 2.50. The molecule has 0 aromatic carbocycles. The van der Waals surface area contributed by atoms with Crippen LogP contribution in [0.15, 0.2) is 29.0 Å². The number of hydrogen-bond acceptors (Lipinski definition) is 5. The Morgan fingerprint density at radius 3 is 2.71 bits per heavy atom. The van der Waals surface area contributed by atoms with E-state index in [4.69, 9.17) is 10.3 Å². The second-order valence-electron chi connectivity index (χ2n) is 3.85. The van der Waals surface area contributed by atoms with Crippen LogP contribution < -0.4 is 5.73 Å². The fourth-order valence-electron chi connectivity index (χ4n) is 1.57. The van der Waals surface area contributed by atoms with Gasteiger partial charge in [0.05, 0.1) is 0 Å². The monoisotopic (exact) mass is 232 g/mol. The molecule has 0 atom stereocenters. The quantitative estimate of drug-likeness (QED) is 0.768. The lowest BCUT2D eigenvalue weighted by Crippen LogP contribution is -1.98. The Hall–Kier alpha value is -1.75. The van der Waals surface area contributed by atoms with Crippen molar-refractivity contribution in [2.75, 3.05) is 6.54 Å². The van der Waals surface area contributed by atoms with Crippen LogP contribution in [0.4, 0.5) is 0 Å². The molecule has 5 heteroatoms. The number of hydrogen-bond donors (Lipinski definition) is 1. The molecule has 2 N–H and O–H groups in total. The van der Waals surface area contributed by atoms with Crippen LogP contribution in [0.3, 0.4) is 0 Å². The number of rotatable bonds is 6. The Bertz CT molecular complexity index is 441. The molecule has 5 nitrogen and oxygen atoms in total. The summed E-state index contributed by atoms with van der Waals surface area (Å²) in [6.07, 6.45) is 7.43. The highest BCUT2D eigenvalue weighted by Gasteiger charge is 2.07. The van der Waals surface area contributed by atoms with Gasteiger partial charge in [-0.1, -0.05) is 11.6 Å². The molecule has 0 unspecified atom stereocenters. The highest BCUT2D eigenvalue weighted by atomic mass is 16.5. The van der Waals surface area contributed by atoms with E-state index in [-0.39, 0.29) is 0 Å². The summed E-state index contributed by atoms with van der Waals surface area (Å²) in [7, 11) is 0. The van der Waals surface area contributed by atoms with E-state index in [2.05, 4.69) is 15.1 Å². The van der Waals surface area contributed by atoms with Crippen molar-refractivity contribution < 1.29 is 4.52 Å². The Balaban J connectivity index is 1.92. The van der Waals surface area contributed by atoms with Crippen molar-refractivity contribution in [1.29, 1.82) is 0 Å². The minimum Gasteiger partial charge on any atom is -0.339 e. The predicted molar refractivity (Wildman–Crippen MR) is 64.1 cm³/mol. The van der Waals surface area contributed by atoms with Crippen LogP contribution in [0.2, 0.25) is 0 Å². The summed E-state index contributed by atoms with van der Waals surface area (Å²) < 4.78 is 5.19. The molecule has 0 aliphatic rings. The molecule has 2 aromatic heterocycles. The van der Waals surface area contributed by atoms with Crippen LogP contribution in [0.5, 0.6) is 0 Å². The lowest BCUT2D eigenvalue weighted by molar-refractivity contribution is 0.374. The van der Waals surface area contributed by atoms with Crippen molar-refractivity contribution in [2.45, 2.75) is 25.7 Å². The number of nitrogens with two attached hydrogens (primary N) is 1. The molecule has 0 spiro atoms. The van der Waals surface area contributed by atoms with Crippen molar-refractivity contribution in [2.24, 2.45) is 5.73 Å². The number of aromatic nitrogens is 3. The lowest BCUT2D eigenvalue weighted by atomic mass is 10.2. The first-order chi connectivity index (χ1) is 8.40. The Morgan fingerprint density at radius 2 is 1.94 bits per heavy atom. The maximum Gasteiger partial charge on any atom is 0.226 e. The van der Waals surface area contributed by atoms with E-state index in [0.717, 1.165) is 37.8 Å². The Labute approximate surface area is 100 Å². The molecule has 0 amide bonds. The largest absolute Gasteiger partial charge is 0.339 e. The summed E-state index contributed by atoms with van der Waals surface area (Å²) in [6, 6.07) is 3.73. The van der Waals surface area contributed by atoms with Gasteiger partial charge in [0.15, 0.2) is 0 Å². The zero-order valence-electron chi connectivity index (χ0n) is 9.67.